The molecular formula is C14H14N2O4S. The molecule has 110 valence electrons. The van der Waals surface area contributed by atoms with Crippen LogP contribution in [0, 0.1) is 0 Å². The number of nitrogens with one attached hydrogen (secondary N) is 2. The monoisotopic (exact) mass is 306 g/mol. The Bertz CT molecular complexity index is 654. The Morgan fingerprint density at radius 1 is 1.29 bits per heavy atom. The van der Waals surface area contributed by atoms with Crippen LogP contribution in [0.1, 0.15) is 16.3 Å². The van der Waals surface area contributed by atoms with Crippen LogP contribution >= 0.6 is 11.8 Å². The summed E-state index contributed by atoms with van der Waals surface area (Å²) < 4.78 is 5.04. The van der Waals surface area contributed by atoms with E-state index in [0.717, 1.165) is 4.90 Å². The zero-order valence-corrected chi connectivity index (χ0v) is 12.1. The molecule has 0 aliphatic heterocycles. The zero-order chi connectivity index (χ0) is 15.2. The molecule has 6 nitrogen and oxygen atoms in total. The number of carbonyl (C=O) groups excluding carboxylic acids is 1. The molecule has 21 heavy (non-hydrogen) atoms. The minimum Gasteiger partial charge on any atom is -0.475 e. The number of aromatic carboxylic acids is 1. The van der Waals surface area contributed by atoms with Crippen LogP contribution in [0.15, 0.2) is 45.7 Å². The Kier molecular flexibility index (Phi) is 4.89. The average molecular weight is 306 g/mol. The molecule has 0 saturated carbocycles. The van der Waals surface area contributed by atoms with E-state index in [9.17, 15) is 9.59 Å². The molecule has 2 rings (SSSR count). The number of rotatable bonds is 5. The Labute approximate surface area is 125 Å². The van der Waals surface area contributed by atoms with Gasteiger partial charge in [0.05, 0.1) is 6.54 Å². The highest BCUT2D eigenvalue weighted by molar-refractivity contribution is 7.98. The van der Waals surface area contributed by atoms with Crippen molar-refractivity contribution in [2.45, 2.75) is 11.4 Å². The van der Waals surface area contributed by atoms with E-state index >= 15 is 0 Å². The van der Waals surface area contributed by atoms with Crippen molar-refractivity contribution in [1.29, 1.82) is 0 Å². The first-order chi connectivity index (χ1) is 10.1. The van der Waals surface area contributed by atoms with E-state index in [-0.39, 0.29) is 18.3 Å². The fraction of sp³-hybridized carbons (Fsp3) is 0.143. The first-order valence-corrected chi connectivity index (χ1v) is 7.32. The summed E-state index contributed by atoms with van der Waals surface area (Å²) >= 11 is 1.58. The van der Waals surface area contributed by atoms with E-state index in [1.165, 1.54) is 12.1 Å². The quantitative estimate of drug-likeness (QED) is 0.739. The van der Waals surface area contributed by atoms with Gasteiger partial charge in [0.25, 0.3) is 0 Å². The summed E-state index contributed by atoms with van der Waals surface area (Å²) in [7, 11) is 0. The largest absolute Gasteiger partial charge is 0.475 e. The maximum atomic E-state index is 11.7. The predicted molar refractivity (Wildman–Crippen MR) is 79.7 cm³/mol. The second-order valence-corrected chi connectivity index (χ2v) is 4.99. The van der Waals surface area contributed by atoms with Crippen LogP contribution in [0.25, 0.3) is 0 Å². The van der Waals surface area contributed by atoms with Crippen LogP contribution in [0.4, 0.5) is 10.5 Å². The lowest BCUT2D eigenvalue weighted by atomic mass is 10.3. The Morgan fingerprint density at radius 2 is 2.10 bits per heavy atom. The number of carbonyl (C=O) groups is 2. The van der Waals surface area contributed by atoms with E-state index in [1.807, 2.05) is 24.5 Å². The summed E-state index contributed by atoms with van der Waals surface area (Å²) in [6, 6.07) is 9.92. The highest BCUT2D eigenvalue weighted by Gasteiger charge is 2.09. The maximum Gasteiger partial charge on any atom is 0.371 e. The van der Waals surface area contributed by atoms with Crippen molar-refractivity contribution in [1.82, 2.24) is 5.32 Å². The van der Waals surface area contributed by atoms with Crippen LogP contribution in [0.5, 0.6) is 0 Å². The fourth-order valence-electron chi connectivity index (χ4n) is 1.63. The fourth-order valence-corrected chi connectivity index (χ4v) is 2.09. The number of amides is 2. The smallest absolute Gasteiger partial charge is 0.371 e. The third-order valence-corrected chi connectivity index (χ3v) is 3.35. The highest BCUT2D eigenvalue weighted by atomic mass is 32.2. The molecule has 1 aromatic heterocycles. The van der Waals surface area contributed by atoms with E-state index in [0.29, 0.717) is 11.4 Å². The molecule has 0 aliphatic carbocycles. The molecule has 0 atom stereocenters. The average Bonchev–Trinajstić information content (AvgIpc) is 2.94. The van der Waals surface area contributed by atoms with Gasteiger partial charge in [0.15, 0.2) is 0 Å². The van der Waals surface area contributed by atoms with Gasteiger partial charge in [-0.1, -0.05) is 6.07 Å². The molecule has 1 heterocycles. The predicted octanol–water partition coefficient (Wildman–Crippen LogP) is 3.02. The van der Waals surface area contributed by atoms with Crippen LogP contribution in [-0.2, 0) is 6.54 Å². The molecule has 0 unspecified atom stereocenters. The van der Waals surface area contributed by atoms with Crippen LogP contribution in [0.2, 0.25) is 0 Å². The van der Waals surface area contributed by atoms with Crippen LogP contribution in [-0.4, -0.2) is 23.4 Å². The van der Waals surface area contributed by atoms with Crippen molar-refractivity contribution in [2.24, 2.45) is 0 Å². The molecular weight excluding hydrogens is 292 g/mol. The second kappa shape index (κ2) is 6.85. The van der Waals surface area contributed by atoms with Gasteiger partial charge in [0, 0.05) is 10.6 Å². The number of hydrogen-bond acceptors (Lipinski definition) is 4. The molecule has 2 aromatic rings. The molecule has 3 N–H and O–H groups in total. The molecule has 0 fully saturated rings. The van der Waals surface area contributed by atoms with Gasteiger partial charge in [-0.05, 0) is 36.6 Å². The number of furan rings is 1. The highest BCUT2D eigenvalue weighted by Crippen LogP contribution is 2.18. The van der Waals surface area contributed by atoms with Gasteiger partial charge < -0.3 is 20.2 Å². The number of urea groups is 1. The van der Waals surface area contributed by atoms with E-state index in [1.54, 1.807) is 17.8 Å². The molecule has 2 amide bonds. The van der Waals surface area contributed by atoms with Crippen molar-refractivity contribution in [2.75, 3.05) is 11.6 Å². The van der Waals surface area contributed by atoms with Crippen LogP contribution in [0.3, 0.4) is 0 Å². The second-order valence-electron chi connectivity index (χ2n) is 4.11. The number of benzene rings is 1. The van der Waals surface area contributed by atoms with E-state index in [2.05, 4.69) is 10.6 Å². The lowest BCUT2D eigenvalue weighted by Gasteiger charge is -2.07. The molecule has 1 aromatic carbocycles. The molecule has 7 heteroatoms. The van der Waals surface area contributed by atoms with Gasteiger partial charge in [-0.2, -0.15) is 0 Å². The summed E-state index contributed by atoms with van der Waals surface area (Å²) in [5, 5.41) is 14.0. The van der Waals surface area contributed by atoms with Crippen molar-refractivity contribution in [3.05, 3.63) is 47.9 Å². The molecule has 0 bridgehead atoms. The SMILES string of the molecule is CSc1cccc(NC(=O)NCc2ccc(C(=O)O)o2)c1. The number of carboxylic acids is 1. The van der Waals surface area contributed by atoms with Gasteiger partial charge in [-0.15, -0.1) is 11.8 Å². The number of thioether (sulfide) groups is 1. The summed E-state index contributed by atoms with van der Waals surface area (Å²) in [4.78, 5) is 23.4. The molecule has 0 radical (unpaired) electrons. The van der Waals surface area contributed by atoms with Crippen molar-refractivity contribution in [3.63, 3.8) is 0 Å². The van der Waals surface area contributed by atoms with Crippen molar-refractivity contribution in [3.8, 4) is 0 Å². The summed E-state index contributed by atoms with van der Waals surface area (Å²) in [6.07, 6.45) is 1.95. The lowest BCUT2D eigenvalue weighted by molar-refractivity contribution is 0.0660. The summed E-state index contributed by atoms with van der Waals surface area (Å²) in [6.45, 7) is 0.112. The van der Waals surface area contributed by atoms with Gasteiger partial charge >= 0.3 is 12.0 Å². The first-order valence-electron chi connectivity index (χ1n) is 6.09. The van der Waals surface area contributed by atoms with Gasteiger partial charge in [-0.3, -0.25) is 0 Å². The number of hydrogen-bond donors (Lipinski definition) is 3. The Morgan fingerprint density at radius 3 is 2.76 bits per heavy atom. The van der Waals surface area contributed by atoms with Crippen molar-refractivity contribution >= 4 is 29.4 Å². The topological polar surface area (TPSA) is 91.6 Å². The Balaban J connectivity index is 1.87. The zero-order valence-electron chi connectivity index (χ0n) is 11.3. The van der Waals surface area contributed by atoms with Crippen LogP contribution < -0.4 is 10.6 Å². The summed E-state index contributed by atoms with van der Waals surface area (Å²) in [5.74, 6) is -0.917. The van der Waals surface area contributed by atoms with Gasteiger partial charge in [-0.25, -0.2) is 9.59 Å². The normalized spacial score (nSPS) is 10.1. The van der Waals surface area contributed by atoms with Gasteiger partial charge in [0.2, 0.25) is 5.76 Å². The lowest BCUT2D eigenvalue weighted by Crippen LogP contribution is -2.28. The molecule has 0 saturated heterocycles. The third kappa shape index (κ3) is 4.28. The van der Waals surface area contributed by atoms with Crippen molar-refractivity contribution < 1.29 is 19.1 Å². The maximum absolute atomic E-state index is 11.7. The minimum absolute atomic E-state index is 0.112. The standard InChI is InChI=1S/C14H14N2O4S/c1-21-11-4-2-3-9(7-11)16-14(19)15-8-10-5-6-12(20-10)13(17)18/h2-7H,8H2,1H3,(H,17,18)(H2,15,16,19). The minimum atomic E-state index is -1.14. The third-order valence-electron chi connectivity index (χ3n) is 2.62. The molecule has 0 spiro atoms. The summed E-state index contributed by atoms with van der Waals surface area (Å²) in [5.41, 5.74) is 0.685. The Hall–Kier alpha value is -2.41. The van der Waals surface area contributed by atoms with E-state index in [4.69, 9.17) is 9.52 Å². The first kappa shape index (κ1) is 15.0. The molecule has 0 aliphatic rings. The van der Waals surface area contributed by atoms with E-state index < -0.39 is 5.97 Å². The number of carboxylic acid groups (broad SMARTS) is 1. The van der Waals surface area contributed by atoms with Gasteiger partial charge in [0.1, 0.15) is 5.76 Å². The number of anilines is 1.